The molecule has 0 aliphatic heterocycles. The number of para-hydroxylation sites is 1. The second-order valence-corrected chi connectivity index (χ2v) is 8.11. The van der Waals surface area contributed by atoms with E-state index in [0.717, 1.165) is 6.42 Å². The average molecular weight is 404 g/mol. The predicted molar refractivity (Wildman–Crippen MR) is 106 cm³/mol. The van der Waals surface area contributed by atoms with Gasteiger partial charge >= 0.3 is 5.97 Å². The van der Waals surface area contributed by atoms with Crippen LogP contribution in [-0.4, -0.2) is 32.9 Å². The summed E-state index contributed by atoms with van der Waals surface area (Å²) in [6.07, 6.45) is 0.403. The van der Waals surface area contributed by atoms with Crippen molar-refractivity contribution in [2.24, 2.45) is 5.73 Å². The molecule has 0 heterocycles. The lowest BCUT2D eigenvalue weighted by molar-refractivity contribution is -0.125. The number of benzene rings is 2. The lowest BCUT2D eigenvalue weighted by Gasteiger charge is -2.24. The maximum atomic E-state index is 13.2. The van der Waals surface area contributed by atoms with Gasteiger partial charge in [-0.1, -0.05) is 37.6 Å². The fourth-order valence-electron chi connectivity index (χ4n) is 2.48. The zero-order chi connectivity index (χ0) is 20.7. The van der Waals surface area contributed by atoms with Gasteiger partial charge in [0.15, 0.2) is 6.10 Å². The van der Waals surface area contributed by atoms with Gasteiger partial charge in [0.25, 0.3) is 15.9 Å². The highest BCUT2D eigenvalue weighted by molar-refractivity contribution is 7.92. The van der Waals surface area contributed by atoms with E-state index in [0.29, 0.717) is 18.7 Å². The van der Waals surface area contributed by atoms with Gasteiger partial charge in [-0.25, -0.2) is 13.2 Å². The molecule has 2 aromatic rings. The summed E-state index contributed by atoms with van der Waals surface area (Å²) in [6.45, 7) is 3.64. The molecule has 28 heavy (non-hydrogen) atoms. The number of rotatable bonds is 9. The van der Waals surface area contributed by atoms with Gasteiger partial charge < -0.3 is 10.5 Å². The Morgan fingerprint density at radius 3 is 2.39 bits per heavy atom. The van der Waals surface area contributed by atoms with Crippen LogP contribution in [-0.2, 0) is 19.6 Å². The Hall–Kier alpha value is -2.87. The Balaban J connectivity index is 2.38. The molecule has 1 unspecified atom stereocenters. The zero-order valence-corrected chi connectivity index (χ0v) is 16.7. The summed E-state index contributed by atoms with van der Waals surface area (Å²) >= 11 is 0. The first-order valence-corrected chi connectivity index (χ1v) is 10.4. The number of nitrogens with two attached hydrogens (primary N) is 1. The lowest BCUT2D eigenvalue weighted by atomic mass is 10.2. The summed E-state index contributed by atoms with van der Waals surface area (Å²) in [6, 6.07) is 14.3. The minimum Gasteiger partial charge on any atom is -0.449 e. The molecule has 0 saturated carbocycles. The van der Waals surface area contributed by atoms with Gasteiger partial charge in [0.05, 0.1) is 16.1 Å². The number of esters is 1. The summed E-state index contributed by atoms with van der Waals surface area (Å²) < 4.78 is 32.8. The first-order chi connectivity index (χ1) is 13.3. The molecule has 2 rings (SSSR count). The summed E-state index contributed by atoms with van der Waals surface area (Å²) in [5.41, 5.74) is 5.67. The second kappa shape index (κ2) is 9.36. The molecule has 0 spiro atoms. The largest absolute Gasteiger partial charge is 0.449 e. The highest BCUT2D eigenvalue weighted by atomic mass is 32.2. The Bertz CT molecular complexity index is 929. The highest BCUT2D eigenvalue weighted by Gasteiger charge is 2.26. The number of carbonyl (C=O) groups is 2. The SMILES string of the molecule is CCCCN(c1ccccc1)S(=O)(=O)c1cccc(C(=O)OC(C)C(N)=O)c1. The van der Waals surface area contributed by atoms with E-state index < -0.39 is 28.0 Å². The maximum absolute atomic E-state index is 13.2. The Kier molecular flexibility index (Phi) is 7.17. The number of amides is 1. The molecule has 0 fully saturated rings. The summed E-state index contributed by atoms with van der Waals surface area (Å²) in [4.78, 5) is 23.3. The van der Waals surface area contributed by atoms with Gasteiger partial charge in [-0.05, 0) is 43.7 Å². The average Bonchev–Trinajstić information content (AvgIpc) is 2.69. The van der Waals surface area contributed by atoms with E-state index in [4.69, 9.17) is 10.5 Å². The van der Waals surface area contributed by atoms with E-state index in [1.807, 2.05) is 13.0 Å². The number of anilines is 1. The predicted octanol–water partition coefficient (Wildman–Crippen LogP) is 2.71. The number of hydrogen-bond acceptors (Lipinski definition) is 5. The number of hydrogen-bond donors (Lipinski definition) is 1. The summed E-state index contributed by atoms with van der Waals surface area (Å²) in [5, 5.41) is 0. The van der Waals surface area contributed by atoms with Crippen LogP contribution >= 0.6 is 0 Å². The molecule has 0 saturated heterocycles. The van der Waals surface area contributed by atoms with E-state index >= 15 is 0 Å². The van der Waals surface area contributed by atoms with Crippen molar-refractivity contribution in [3.63, 3.8) is 0 Å². The van der Waals surface area contributed by atoms with Crippen molar-refractivity contribution in [2.45, 2.75) is 37.7 Å². The first-order valence-electron chi connectivity index (χ1n) is 8.95. The van der Waals surface area contributed by atoms with Crippen molar-refractivity contribution < 1.29 is 22.7 Å². The van der Waals surface area contributed by atoms with Crippen LogP contribution < -0.4 is 10.0 Å². The molecule has 0 bridgehead atoms. The van der Waals surface area contributed by atoms with E-state index in [2.05, 4.69) is 0 Å². The van der Waals surface area contributed by atoms with Crippen LogP contribution in [0.1, 0.15) is 37.0 Å². The maximum Gasteiger partial charge on any atom is 0.338 e. The molecule has 1 amide bonds. The third-order valence-electron chi connectivity index (χ3n) is 4.10. The first kappa shape index (κ1) is 21.4. The number of unbranched alkanes of at least 4 members (excludes halogenated alkanes) is 1. The third-order valence-corrected chi connectivity index (χ3v) is 5.92. The van der Waals surface area contributed by atoms with Gasteiger partial charge in [0, 0.05) is 6.54 Å². The number of ether oxygens (including phenoxy) is 1. The van der Waals surface area contributed by atoms with Gasteiger partial charge in [-0.2, -0.15) is 0 Å². The quantitative estimate of drug-likeness (QED) is 0.647. The molecule has 8 heteroatoms. The van der Waals surface area contributed by atoms with E-state index in [-0.39, 0.29) is 10.5 Å². The number of nitrogens with zero attached hydrogens (tertiary/aromatic N) is 1. The Morgan fingerprint density at radius 2 is 1.79 bits per heavy atom. The van der Waals surface area contributed by atoms with Crippen molar-refractivity contribution in [2.75, 3.05) is 10.8 Å². The monoisotopic (exact) mass is 404 g/mol. The van der Waals surface area contributed by atoms with Crippen LogP contribution in [0.4, 0.5) is 5.69 Å². The zero-order valence-electron chi connectivity index (χ0n) is 15.9. The Labute approximate surface area is 165 Å². The lowest BCUT2D eigenvalue weighted by Crippen LogP contribution is -2.32. The van der Waals surface area contributed by atoms with Gasteiger partial charge in [-0.3, -0.25) is 9.10 Å². The number of carbonyl (C=O) groups excluding carboxylic acids is 2. The molecule has 0 radical (unpaired) electrons. The molecule has 1 atom stereocenters. The van der Waals surface area contributed by atoms with Crippen LogP contribution in [0.2, 0.25) is 0 Å². The van der Waals surface area contributed by atoms with Crippen LogP contribution in [0.15, 0.2) is 59.5 Å². The third kappa shape index (κ3) is 5.10. The van der Waals surface area contributed by atoms with Crippen LogP contribution in [0.25, 0.3) is 0 Å². The number of primary amides is 1. The van der Waals surface area contributed by atoms with Crippen molar-refractivity contribution >= 4 is 27.6 Å². The van der Waals surface area contributed by atoms with Crippen molar-refractivity contribution in [3.05, 3.63) is 60.2 Å². The summed E-state index contributed by atoms with van der Waals surface area (Å²) in [5.74, 6) is -1.60. The second-order valence-electron chi connectivity index (χ2n) is 6.24. The molecule has 0 aromatic heterocycles. The van der Waals surface area contributed by atoms with Crippen molar-refractivity contribution in [1.82, 2.24) is 0 Å². The molecule has 2 aromatic carbocycles. The van der Waals surface area contributed by atoms with Crippen molar-refractivity contribution in [1.29, 1.82) is 0 Å². The van der Waals surface area contributed by atoms with Crippen LogP contribution in [0.5, 0.6) is 0 Å². The minimum atomic E-state index is -3.89. The molecule has 0 aliphatic rings. The molecule has 0 aliphatic carbocycles. The van der Waals surface area contributed by atoms with E-state index in [9.17, 15) is 18.0 Å². The molecule has 150 valence electrons. The Morgan fingerprint density at radius 1 is 1.11 bits per heavy atom. The molecule has 2 N–H and O–H groups in total. The van der Waals surface area contributed by atoms with Crippen LogP contribution in [0.3, 0.4) is 0 Å². The van der Waals surface area contributed by atoms with E-state index in [1.165, 1.54) is 35.5 Å². The topological polar surface area (TPSA) is 107 Å². The van der Waals surface area contributed by atoms with Gasteiger partial charge in [0.1, 0.15) is 0 Å². The fraction of sp³-hybridized carbons (Fsp3) is 0.300. The smallest absolute Gasteiger partial charge is 0.338 e. The highest BCUT2D eigenvalue weighted by Crippen LogP contribution is 2.25. The van der Waals surface area contributed by atoms with Gasteiger partial charge in [0.2, 0.25) is 0 Å². The number of sulfonamides is 1. The fourth-order valence-corrected chi connectivity index (χ4v) is 4.03. The minimum absolute atomic E-state index is 0.0256. The van der Waals surface area contributed by atoms with Crippen molar-refractivity contribution in [3.8, 4) is 0 Å². The van der Waals surface area contributed by atoms with E-state index in [1.54, 1.807) is 24.3 Å². The molecular formula is C20H24N2O5S. The molecule has 7 nitrogen and oxygen atoms in total. The molecular weight excluding hydrogens is 380 g/mol. The normalized spacial score (nSPS) is 12.2. The summed E-state index contributed by atoms with van der Waals surface area (Å²) in [7, 11) is -3.89. The van der Waals surface area contributed by atoms with Crippen LogP contribution in [0, 0.1) is 0 Å². The standard InChI is InChI=1S/C20H24N2O5S/c1-3-4-13-22(17-10-6-5-7-11-17)28(25,26)18-12-8-9-16(14-18)20(24)27-15(2)19(21)23/h5-12,14-15H,3-4,13H2,1-2H3,(H2,21,23). The van der Waals surface area contributed by atoms with Gasteiger partial charge in [-0.15, -0.1) is 0 Å².